The lowest BCUT2D eigenvalue weighted by molar-refractivity contribution is 0.289. The number of nitrogens with one attached hydrogen (secondary N) is 1. The Kier molecular flexibility index (Phi) is 5.88. The van der Waals surface area contributed by atoms with E-state index in [1.165, 1.54) is 5.56 Å². The van der Waals surface area contributed by atoms with E-state index in [0.29, 0.717) is 5.92 Å². The molecule has 1 N–H and O–H groups in total. The predicted octanol–water partition coefficient (Wildman–Crippen LogP) is 4.56. The SMILES string of the molecule is CC(C)CCOc1ccc(CN[C@H](C)c2ccco2)cc1. The highest BCUT2D eigenvalue weighted by atomic mass is 16.5. The van der Waals surface area contributed by atoms with Crippen molar-refractivity contribution in [2.45, 2.75) is 39.8 Å². The van der Waals surface area contributed by atoms with Crippen molar-refractivity contribution in [2.75, 3.05) is 6.61 Å². The summed E-state index contributed by atoms with van der Waals surface area (Å²) in [5, 5.41) is 3.44. The lowest BCUT2D eigenvalue weighted by Gasteiger charge is -2.12. The second kappa shape index (κ2) is 7.89. The van der Waals surface area contributed by atoms with Crippen molar-refractivity contribution < 1.29 is 9.15 Å². The summed E-state index contributed by atoms with van der Waals surface area (Å²) < 4.78 is 11.1. The highest BCUT2D eigenvalue weighted by Gasteiger charge is 2.07. The predicted molar refractivity (Wildman–Crippen MR) is 85.4 cm³/mol. The molecule has 3 nitrogen and oxygen atoms in total. The zero-order chi connectivity index (χ0) is 15.1. The van der Waals surface area contributed by atoms with Crippen LogP contribution in [-0.2, 0) is 6.54 Å². The zero-order valence-corrected chi connectivity index (χ0v) is 13.1. The van der Waals surface area contributed by atoms with E-state index in [4.69, 9.17) is 9.15 Å². The minimum atomic E-state index is 0.210. The van der Waals surface area contributed by atoms with Crippen LogP contribution in [-0.4, -0.2) is 6.61 Å². The van der Waals surface area contributed by atoms with Crippen LogP contribution in [0.15, 0.2) is 47.1 Å². The van der Waals surface area contributed by atoms with Gasteiger partial charge in [0.15, 0.2) is 0 Å². The van der Waals surface area contributed by atoms with Gasteiger partial charge >= 0.3 is 0 Å². The normalized spacial score (nSPS) is 12.6. The van der Waals surface area contributed by atoms with Crippen LogP contribution in [0.4, 0.5) is 0 Å². The van der Waals surface area contributed by atoms with Crippen LogP contribution in [0.3, 0.4) is 0 Å². The molecule has 0 radical (unpaired) electrons. The largest absolute Gasteiger partial charge is 0.494 e. The average molecular weight is 287 g/mol. The van der Waals surface area contributed by atoms with Gasteiger partial charge in [-0.15, -0.1) is 0 Å². The van der Waals surface area contributed by atoms with E-state index >= 15 is 0 Å². The maximum absolute atomic E-state index is 5.72. The lowest BCUT2D eigenvalue weighted by Crippen LogP contribution is -2.17. The summed E-state index contributed by atoms with van der Waals surface area (Å²) in [5.41, 5.74) is 1.24. The average Bonchev–Trinajstić information content (AvgIpc) is 3.00. The van der Waals surface area contributed by atoms with Gasteiger partial charge in [0.1, 0.15) is 11.5 Å². The standard InChI is InChI=1S/C18H25NO2/c1-14(2)10-12-20-17-8-6-16(7-9-17)13-19-15(3)18-5-4-11-21-18/h4-9,11,14-15,19H,10,12-13H2,1-3H3/t15-/m1/s1. The first-order valence-corrected chi connectivity index (χ1v) is 7.63. The molecule has 2 aromatic rings. The van der Waals surface area contributed by atoms with Crippen LogP contribution < -0.4 is 10.1 Å². The molecule has 1 aromatic heterocycles. The summed E-state index contributed by atoms with van der Waals surface area (Å²) >= 11 is 0. The van der Waals surface area contributed by atoms with Crippen molar-refractivity contribution in [3.63, 3.8) is 0 Å². The molecular formula is C18H25NO2. The second-order valence-corrected chi connectivity index (χ2v) is 5.79. The van der Waals surface area contributed by atoms with Gasteiger partial charge in [-0.25, -0.2) is 0 Å². The fraction of sp³-hybridized carbons (Fsp3) is 0.444. The Hall–Kier alpha value is -1.74. The maximum atomic E-state index is 5.72. The fourth-order valence-corrected chi connectivity index (χ4v) is 2.03. The van der Waals surface area contributed by atoms with Gasteiger partial charge in [0, 0.05) is 6.54 Å². The van der Waals surface area contributed by atoms with Crippen LogP contribution >= 0.6 is 0 Å². The van der Waals surface area contributed by atoms with Crippen LogP contribution in [0, 0.1) is 5.92 Å². The zero-order valence-electron chi connectivity index (χ0n) is 13.1. The third-order valence-corrected chi connectivity index (χ3v) is 3.47. The molecule has 0 saturated heterocycles. The van der Waals surface area contributed by atoms with Crippen molar-refractivity contribution in [3.05, 3.63) is 54.0 Å². The minimum absolute atomic E-state index is 0.210. The summed E-state index contributed by atoms with van der Waals surface area (Å²) in [7, 11) is 0. The number of furan rings is 1. The smallest absolute Gasteiger partial charge is 0.120 e. The monoisotopic (exact) mass is 287 g/mol. The van der Waals surface area contributed by atoms with Crippen molar-refractivity contribution >= 4 is 0 Å². The summed E-state index contributed by atoms with van der Waals surface area (Å²) in [4.78, 5) is 0. The quantitative estimate of drug-likeness (QED) is 0.773. The van der Waals surface area contributed by atoms with Crippen molar-refractivity contribution in [2.24, 2.45) is 5.92 Å². The first kappa shape index (κ1) is 15.6. The van der Waals surface area contributed by atoms with Gasteiger partial charge in [-0.1, -0.05) is 26.0 Å². The lowest BCUT2D eigenvalue weighted by atomic mass is 10.1. The number of hydrogen-bond acceptors (Lipinski definition) is 3. The van der Waals surface area contributed by atoms with E-state index in [9.17, 15) is 0 Å². The highest BCUT2D eigenvalue weighted by molar-refractivity contribution is 5.27. The highest BCUT2D eigenvalue weighted by Crippen LogP contribution is 2.16. The molecule has 0 bridgehead atoms. The number of benzene rings is 1. The molecule has 2 rings (SSSR count). The maximum Gasteiger partial charge on any atom is 0.120 e. The van der Waals surface area contributed by atoms with Crippen LogP contribution in [0.5, 0.6) is 5.75 Å². The van der Waals surface area contributed by atoms with Gasteiger partial charge in [-0.2, -0.15) is 0 Å². The Morgan fingerprint density at radius 3 is 2.48 bits per heavy atom. The van der Waals surface area contributed by atoms with Gasteiger partial charge in [0.2, 0.25) is 0 Å². The van der Waals surface area contributed by atoms with Crippen LogP contribution in [0.1, 0.15) is 44.6 Å². The summed E-state index contributed by atoms with van der Waals surface area (Å²) in [5.74, 6) is 2.58. The first-order chi connectivity index (χ1) is 10.1. The van der Waals surface area contributed by atoms with E-state index in [-0.39, 0.29) is 6.04 Å². The van der Waals surface area contributed by atoms with Gasteiger partial charge in [0.05, 0.1) is 18.9 Å². The Labute approximate surface area is 127 Å². The first-order valence-electron chi connectivity index (χ1n) is 7.63. The molecule has 114 valence electrons. The van der Waals surface area contributed by atoms with Crippen LogP contribution in [0.25, 0.3) is 0 Å². The van der Waals surface area contributed by atoms with Crippen molar-refractivity contribution in [3.8, 4) is 5.75 Å². The molecule has 1 atom stereocenters. The van der Waals surface area contributed by atoms with E-state index in [0.717, 1.165) is 31.1 Å². The molecule has 0 aliphatic rings. The molecule has 0 amide bonds. The van der Waals surface area contributed by atoms with Gasteiger partial charge in [-0.3, -0.25) is 0 Å². The van der Waals surface area contributed by atoms with Crippen molar-refractivity contribution in [1.29, 1.82) is 0 Å². The second-order valence-electron chi connectivity index (χ2n) is 5.79. The van der Waals surface area contributed by atoms with E-state index in [2.05, 4.69) is 38.2 Å². The Morgan fingerprint density at radius 1 is 1.10 bits per heavy atom. The molecular weight excluding hydrogens is 262 g/mol. The Morgan fingerprint density at radius 2 is 1.86 bits per heavy atom. The Balaban J connectivity index is 1.77. The summed E-state index contributed by atoms with van der Waals surface area (Å²) in [6, 6.07) is 12.4. The fourth-order valence-electron chi connectivity index (χ4n) is 2.03. The molecule has 0 saturated carbocycles. The van der Waals surface area contributed by atoms with E-state index in [1.807, 2.05) is 24.3 Å². The van der Waals surface area contributed by atoms with E-state index < -0.39 is 0 Å². The molecule has 0 fully saturated rings. The summed E-state index contributed by atoms with van der Waals surface area (Å²) in [6.07, 6.45) is 2.79. The molecule has 21 heavy (non-hydrogen) atoms. The van der Waals surface area contributed by atoms with Gasteiger partial charge < -0.3 is 14.5 Å². The third-order valence-electron chi connectivity index (χ3n) is 3.47. The Bertz CT molecular complexity index is 503. The third kappa shape index (κ3) is 5.27. The molecule has 3 heteroatoms. The molecule has 0 aliphatic carbocycles. The molecule has 0 unspecified atom stereocenters. The summed E-state index contributed by atoms with van der Waals surface area (Å²) in [6.45, 7) is 8.11. The van der Waals surface area contributed by atoms with Gasteiger partial charge in [0.25, 0.3) is 0 Å². The molecule has 1 heterocycles. The van der Waals surface area contributed by atoms with Gasteiger partial charge in [-0.05, 0) is 49.1 Å². The van der Waals surface area contributed by atoms with Crippen LogP contribution in [0.2, 0.25) is 0 Å². The topological polar surface area (TPSA) is 34.4 Å². The van der Waals surface area contributed by atoms with E-state index in [1.54, 1.807) is 6.26 Å². The molecule has 0 spiro atoms. The molecule has 0 aliphatic heterocycles. The molecule has 1 aromatic carbocycles. The van der Waals surface area contributed by atoms with Crippen molar-refractivity contribution in [1.82, 2.24) is 5.32 Å². The minimum Gasteiger partial charge on any atom is -0.494 e. The number of rotatable bonds is 8. The number of hydrogen-bond donors (Lipinski definition) is 1. The number of ether oxygens (including phenoxy) is 1.